The average molecular weight is 577 g/mol. The highest BCUT2D eigenvalue weighted by Crippen LogP contribution is 2.51. The first-order valence-electron chi connectivity index (χ1n) is 14.2. The summed E-state index contributed by atoms with van der Waals surface area (Å²) in [5.74, 6) is 1.03. The molecule has 1 aromatic heterocycles. The number of hydrogen-bond acceptors (Lipinski definition) is 9. The second-order valence-electron chi connectivity index (χ2n) is 11.2. The van der Waals surface area contributed by atoms with E-state index in [0.717, 1.165) is 39.3 Å². The highest BCUT2D eigenvalue weighted by Gasteiger charge is 2.57. The predicted octanol–water partition coefficient (Wildman–Crippen LogP) is 1.69. The van der Waals surface area contributed by atoms with Crippen LogP contribution in [0.1, 0.15) is 0 Å². The molecule has 3 saturated heterocycles. The van der Waals surface area contributed by atoms with Gasteiger partial charge >= 0.3 is 6.09 Å². The number of carbonyl (C=O) groups excluding carboxylic acids is 2. The van der Waals surface area contributed by atoms with Gasteiger partial charge in [-0.25, -0.2) is 9.18 Å². The Morgan fingerprint density at radius 1 is 1.21 bits per heavy atom. The molecule has 4 aliphatic rings. The summed E-state index contributed by atoms with van der Waals surface area (Å²) in [7, 11) is 2.12. The molecule has 3 N–H and O–H groups in total. The van der Waals surface area contributed by atoms with Gasteiger partial charge in [0.05, 0.1) is 37.3 Å². The normalized spacial score (nSPS) is 25.4. The standard InChI is InChI=1S/C17H17FN4O2.C13H20N4O/c18-16-8-13(3-4-15(16)12-2-1-6-20-9-12)22-11-14(24-17(22)23)10-21-7-5-19;1-15-2-4-16(5-3-15)9-13(18)17-7-11-10(6-14)12(11)8-17/h1-9,14,21H,10-11,19H2;10-12H,2-5,7-9H2,1H3/b7-5-;/t;10?,11-,12+. The maximum atomic E-state index is 14.4. The first kappa shape index (κ1) is 29.3. The number of rotatable bonds is 7. The molecule has 2 aromatic rings. The van der Waals surface area contributed by atoms with Crippen molar-refractivity contribution >= 4 is 17.7 Å². The number of nitrogens with two attached hydrogens (primary N) is 1. The number of benzene rings is 1. The number of piperidine rings is 1. The van der Waals surface area contributed by atoms with Crippen molar-refractivity contribution < 1.29 is 18.7 Å². The van der Waals surface area contributed by atoms with Crippen LogP contribution >= 0.6 is 0 Å². The Balaban J connectivity index is 0.000000175. The minimum absolute atomic E-state index is 0.234. The second kappa shape index (κ2) is 13.2. The van der Waals surface area contributed by atoms with Crippen LogP contribution < -0.4 is 16.0 Å². The van der Waals surface area contributed by atoms with Crippen LogP contribution in [0.3, 0.4) is 0 Å². The second-order valence-corrected chi connectivity index (χ2v) is 11.2. The summed E-state index contributed by atoms with van der Waals surface area (Å²) in [5.41, 5.74) is 6.81. The van der Waals surface area contributed by atoms with Crippen LogP contribution in [0.2, 0.25) is 0 Å². The van der Waals surface area contributed by atoms with E-state index in [9.17, 15) is 14.0 Å². The van der Waals surface area contributed by atoms with Gasteiger partial charge in [-0.15, -0.1) is 0 Å². The maximum Gasteiger partial charge on any atom is 0.414 e. The Kier molecular flexibility index (Phi) is 9.19. The van der Waals surface area contributed by atoms with Gasteiger partial charge in [0.2, 0.25) is 5.91 Å². The van der Waals surface area contributed by atoms with Crippen molar-refractivity contribution in [3.8, 4) is 17.2 Å². The molecule has 6 rings (SSSR count). The van der Waals surface area contributed by atoms with Crippen LogP contribution in [0.15, 0.2) is 55.1 Å². The lowest BCUT2D eigenvalue weighted by molar-refractivity contribution is -0.132. The number of ether oxygens (including phenoxy) is 1. The zero-order chi connectivity index (χ0) is 29.6. The zero-order valence-corrected chi connectivity index (χ0v) is 23.7. The number of fused-ring (bicyclic) bond motifs is 1. The smallest absolute Gasteiger partial charge is 0.414 e. The number of nitrogens with one attached hydrogen (secondary N) is 1. The fourth-order valence-electron chi connectivity index (χ4n) is 5.75. The first-order chi connectivity index (χ1) is 20.4. The van der Waals surface area contributed by atoms with Crippen LogP contribution in [0.4, 0.5) is 14.9 Å². The molecule has 4 fully saturated rings. The molecular weight excluding hydrogens is 539 g/mol. The van der Waals surface area contributed by atoms with E-state index < -0.39 is 11.9 Å². The van der Waals surface area contributed by atoms with Gasteiger partial charge in [0.1, 0.15) is 11.9 Å². The van der Waals surface area contributed by atoms with Gasteiger partial charge in [0.15, 0.2) is 0 Å². The van der Waals surface area contributed by atoms with Crippen LogP contribution in [-0.4, -0.2) is 104 Å². The number of carbonyl (C=O) groups is 2. The highest BCUT2D eigenvalue weighted by molar-refractivity contribution is 5.90. The fraction of sp³-hybridized carbons (Fsp3) is 0.467. The van der Waals surface area contributed by atoms with Gasteiger partial charge in [-0.2, -0.15) is 5.26 Å². The molecule has 42 heavy (non-hydrogen) atoms. The number of aromatic nitrogens is 1. The minimum Gasteiger partial charge on any atom is -0.442 e. The van der Waals surface area contributed by atoms with Gasteiger partial charge in [0.25, 0.3) is 0 Å². The number of halogens is 1. The van der Waals surface area contributed by atoms with Crippen LogP contribution in [0.25, 0.3) is 11.1 Å². The maximum absolute atomic E-state index is 14.4. The summed E-state index contributed by atoms with van der Waals surface area (Å²) < 4.78 is 19.7. The number of likely N-dealkylation sites (N-methyl/N-ethyl adjacent to an activating group) is 1. The molecular formula is C30H37FN8O3. The number of nitriles is 1. The molecule has 1 aromatic carbocycles. The fourth-order valence-corrected chi connectivity index (χ4v) is 5.75. The zero-order valence-electron chi connectivity index (χ0n) is 23.7. The number of cyclic esters (lactones) is 1. The number of nitrogens with zero attached hydrogens (tertiary/aromatic N) is 6. The number of likely N-dealkylation sites (tertiary alicyclic amines) is 1. The Morgan fingerprint density at radius 2 is 1.98 bits per heavy atom. The summed E-state index contributed by atoms with van der Waals surface area (Å²) in [6.07, 6.45) is 5.33. The van der Waals surface area contributed by atoms with E-state index >= 15 is 0 Å². The van der Waals surface area contributed by atoms with Gasteiger partial charge in [-0.05, 0) is 43.1 Å². The van der Waals surface area contributed by atoms with Crippen LogP contribution in [0.5, 0.6) is 0 Å². The Morgan fingerprint density at radius 3 is 2.62 bits per heavy atom. The summed E-state index contributed by atoms with van der Waals surface area (Å²) in [4.78, 5) is 36.0. The molecule has 1 aliphatic carbocycles. The molecule has 3 aliphatic heterocycles. The highest BCUT2D eigenvalue weighted by atomic mass is 19.1. The molecule has 11 nitrogen and oxygen atoms in total. The molecule has 0 bridgehead atoms. The number of hydrogen-bond donors (Lipinski definition) is 2. The van der Waals surface area contributed by atoms with E-state index in [0.29, 0.717) is 48.3 Å². The monoisotopic (exact) mass is 576 g/mol. The van der Waals surface area contributed by atoms with Crippen molar-refractivity contribution in [3.05, 3.63) is 60.9 Å². The van der Waals surface area contributed by atoms with E-state index in [2.05, 4.69) is 33.2 Å². The minimum atomic E-state index is -0.493. The third-order valence-corrected chi connectivity index (χ3v) is 8.32. The third-order valence-electron chi connectivity index (χ3n) is 8.32. The molecule has 222 valence electrons. The molecule has 4 heterocycles. The Labute approximate surface area is 245 Å². The van der Waals surface area contributed by atoms with Crippen molar-refractivity contribution in [1.82, 2.24) is 25.0 Å². The summed E-state index contributed by atoms with van der Waals surface area (Å²) in [5, 5.41) is 11.8. The summed E-state index contributed by atoms with van der Waals surface area (Å²) in [6.45, 7) is 7.05. The van der Waals surface area contributed by atoms with Gasteiger partial charge in [-0.3, -0.25) is 19.6 Å². The van der Waals surface area contributed by atoms with Gasteiger partial charge in [0, 0.05) is 75.2 Å². The number of pyridine rings is 1. The van der Waals surface area contributed by atoms with Gasteiger partial charge in [-0.1, -0.05) is 6.07 Å². The quantitative estimate of drug-likeness (QED) is 0.506. The van der Waals surface area contributed by atoms with Gasteiger partial charge < -0.3 is 25.6 Å². The van der Waals surface area contributed by atoms with Crippen molar-refractivity contribution in [2.24, 2.45) is 23.5 Å². The molecule has 1 saturated carbocycles. The van der Waals surface area contributed by atoms with E-state index in [-0.39, 0.29) is 17.9 Å². The largest absolute Gasteiger partial charge is 0.442 e. The molecule has 4 atom stereocenters. The molecule has 12 heteroatoms. The molecule has 0 radical (unpaired) electrons. The lowest BCUT2D eigenvalue weighted by Gasteiger charge is -2.33. The first-order valence-corrected chi connectivity index (χ1v) is 14.2. The average Bonchev–Trinajstić information content (AvgIpc) is 3.27. The van der Waals surface area contributed by atoms with Crippen molar-refractivity contribution in [3.63, 3.8) is 0 Å². The lowest BCUT2D eigenvalue weighted by Crippen LogP contribution is -2.48. The Hall–Kier alpha value is -4.21. The summed E-state index contributed by atoms with van der Waals surface area (Å²) in [6, 6.07) is 10.5. The topological polar surface area (TPSA) is 131 Å². The van der Waals surface area contributed by atoms with E-state index in [1.54, 1.807) is 42.9 Å². The van der Waals surface area contributed by atoms with E-state index in [4.69, 9.17) is 15.7 Å². The van der Waals surface area contributed by atoms with Crippen molar-refractivity contribution in [2.75, 3.05) is 70.9 Å². The Bertz CT molecular complexity index is 1320. The molecule has 2 unspecified atom stereocenters. The SMILES string of the molecule is CN1CCN(CC(=O)N2C[C@@H]3C(C#N)[C@@H]3C2)CC1.N/C=C\NCC1CN(c2ccc(-c3cccnc3)c(F)c2)C(=O)O1. The van der Waals surface area contributed by atoms with E-state index in [1.165, 1.54) is 17.2 Å². The number of piperazine rings is 1. The molecule has 0 spiro atoms. The molecule has 2 amide bonds. The third kappa shape index (κ3) is 6.80. The predicted molar refractivity (Wildman–Crippen MR) is 155 cm³/mol. The van der Waals surface area contributed by atoms with Crippen molar-refractivity contribution in [2.45, 2.75) is 6.10 Å². The van der Waals surface area contributed by atoms with Crippen LogP contribution in [-0.2, 0) is 9.53 Å². The number of anilines is 1. The van der Waals surface area contributed by atoms with Crippen molar-refractivity contribution in [1.29, 1.82) is 5.26 Å². The number of amides is 2. The van der Waals surface area contributed by atoms with Crippen LogP contribution in [0, 0.1) is 34.9 Å². The lowest BCUT2D eigenvalue weighted by atomic mass is 10.1. The van der Waals surface area contributed by atoms with E-state index in [1.807, 2.05) is 4.90 Å². The summed E-state index contributed by atoms with van der Waals surface area (Å²) >= 11 is 0.